The van der Waals surface area contributed by atoms with Gasteiger partial charge < -0.3 is 5.73 Å². The molecule has 1 aromatic rings. The van der Waals surface area contributed by atoms with Crippen molar-refractivity contribution in [2.75, 3.05) is 12.3 Å². The van der Waals surface area contributed by atoms with Gasteiger partial charge in [0, 0.05) is 11.4 Å². The Morgan fingerprint density at radius 1 is 1.62 bits per heavy atom. The Labute approximate surface area is 92.7 Å². The largest absolute Gasteiger partial charge is 0.329 e. The van der Waals surface area contributed by atoms with E-state index in [1.807, 2.05) is 17.8 Å². The molecule has 0 bridgehead atoms. The molecule has 0 spiro atoms. The number of rotatable bonds is 5. The van der Waals surface area contributed by atoms with Crippen LogP contribution in [0.25, 0.3) is 0 Å². The molecule has 0 saturated carbocycles. The maximum atomic E-state index is 5.86. The summed E-state index contributed by atoms with van der Waals surface area (Å²) in [6.45, 7) is 2.88. The van der Waals surface area contributed by atoms with Crippen LogP contribution in [-0.2, 0) is 0 Å². The molecule has 0 aliphatic rings. The predicted molar refractivity (Wildman–Crippen MR) is 63.9 cm³/mol. The van der Waals surface area contributed by atoms with Crippen molar-refractivity contribution < 1.29 is 0 Å². The second-order valence-corrected chi connectivity index (χ2v) is 5.79. The monoisotopic (exact) mass is 235 g/mol. The zero-order valence-electron chi connectivity index (χ0n) is 7.63. The van der Waals surface area contributed by atoms with Gasteiger partial charge in [0.2, 0.25) is 0 Å². The summed E-state index contributed by atoms with van der Waals surface area (Å²) in [6, 6.07) is 4.02. The van der Waals surface area contributed by atoms with Crippen LogP contribution in [0.1, 0.15) is 23.5 Å². The summed E-state index contributed by atoms with van der Waals surface area (Å²) in [7, 11) is 0. The van der Waals surface area contributed by atoms with Gasteiger partial charge in [-0.25, -0.2) is 0 Å². The maximum Gasteiger partial charge on any atom is 0.0931 e. The van der Waals surface area contributed by atoms with E-state index < -0.39 is 0 Å². The van der Waals surface area contributed by atoms with Crippen LogP contribution in [0.5, 0.6) is 0 Å². The molecule has 2 N–H and O–H groups in total. The average Bonchev–Trinajstić information content (AvgIpc) is 2.54. The van der Waals surface area contributed by atoms with E-state index in [1.54, 1.807) is 11.3 Å². The first kappa shape index (κ1) is 11.4. The zero-order valence-corrected chi connectivity index (χ0v) is 10.0. The molecule has 1 nitrogen and oxygen atoms in total. The van der Waals surface area contributed by atoms with Gasteiger partial charge >= 0.3 is 0 Å². The van der Waals surface area contributed by atoms with E-state index in [1.165, 1.54) is 11.3 Å². The van der Waals surface area contributed by atoms with Crippen molar-refractivity contribution in [2.45, 2.75) is 18.6 Å². The van der Waals surface area contributed by atoms with Crippen molar-refractivity contribution in [2.24, 2.45) is 5.73 Å². The highest BCUT2D eigenvalue weighted by Crippen LogP contribution is 2.34. The molecular formula is C9H14ClNS2. The number of hydrogen-bond donors (Lipinski definition) is 1. The van der Waals surface area contributed by atoms with Gasteiger partial charge in [0.25, 0.3) is 0 Å². The lowest BCUT2D eigenvalue weighted by atomic mass is 10.3. The fourth-order valence-electron chi connectivity index (χ4n) is 1.03. The van der Waals surface area contributed by atoms with Crippen LogP contribution < -0.4 is 5.73 Å². The van der Waals surface area contributed by atoms with Crippen molar-refractivity contribution in [3.63, 3.8) is 0 Å². The van der Waals surface area contributed by atoms with Crippen molar-refractivity contribution in [3.05, 3.63) is 21.3 Å². The Kier molecular flexibility index (Phi) is 5.17. The first-order valence-electron chi connectivity index (χ1n) is 4.34. The molecule has 74 valence electrons. The van der Waals surface area contributed by atoms with Gasteiger partial charge in [-0.3, -0.25) is 0 Å². The summed E-state index contributed by atoms with van der Waals surface area (Å²) in [4.78, 5) is 1.30. The van der Waals surface area contributed by atoms with E-state index in [-0.39, 0.29) is 0 Å². The number of thioether (sulfide) groups is 1. The average molecular weight is 236 g/mol. The first-order valence-corrected chi connectivity index (χ1v) is 6.59. The topological polar surface area (TPSA) is 26.0 Å². The van der Waals surface area contributed by atoms with E-state index >= 15 is 0 Å². The summed E-state index contributed by atoms with van der Waals surface area (Å²) < 4.78 is 0.852. The predicted octanol–water partition coefficient (Wildman–Crippen LogP) is 3.54. The Morgan fingerprint density at radius 2 is 2.38 bits per heavy atom. The molecule has 0 saturated heterocycles. The molecule has 1 aromatic heterocycles. The van der Waals surface area contributed by atoms with Crippen molar-refractivity contribution in [1.82, 2.24) is 0 Å². The van der Waals surface area contributed by atoms with Crippen molar-refractivity contribution >= 4 is 34.7 Å². The van der Waals surface area contributed by atoms with Crippen LogP contribution in [0.3, 0.4) is 0 Å². The summed E-state index contributed by atoms with van der Waals surface area (Å²) >= 11 is 9.41. The molecule has 1 heterocycles. The molecule has 0 fully saturated rings. The van der Waals surface area contributed by atoms with E-state index in [0.29, 0.717) is 11.8 Å². The van der Waals surface area contributed by atoms with Gasteiger partial charge in [0.05, 0.1) is 9.59 Å². The molecule has 0 amide bonds. The summed E-state index contributed by atoms with van der Waals surface area (Å²) in [5.41, 5.74) is 5.70. The van der Waals surface area contributed by atoms with Crippen LogP contribution in [0.15, 0.2) is 12.1 Å². The van der Waals surface area contributed by atoms with Gasteiger partial charge in [-0.2, -0.15) is 11.8 Å². The molecule has 1 atom stereocenters. The minimum atomic E-state index is 0.428. The third-order valence-electron chi connectivity index (χ3n) is 1.65. The maximum absolute atomic E-state index is 5.86. The van der Waals surface area contributed by atoms with Crippen LogP contribution in [0.2, 0.25) is 4.34 Å². The second-order valence-electron chi connectivity index (χ2n) is 2.74. The second kappa shape index (κ2) is 5.91. The first-order chi connectivity index (χ1) is 6.27. The van der Waals surface area contributed by atoms with Crippen LogP contribution in [0.4, 0.5) is 0 Å². The van der Waals surface area contributed by atoms with Gasteiger partial charge in [-0.05, 0) is 24.3 Å². The lowest BCUT2D eigenvalue weighted by molar-refractivity contribution is 0.954. The van der Waals surface area contributed by atoms with Gasteiger partial charge in [-0.15, -0.1) is 11.3 Å². The molecule has 4 heteroatoms. The third kappa shape index (κ3) is 3.50. The Balaban J connectivity index is 2.56. The Morgan fingerprint density at radius 3 is 2.85 bits per heavy atom. The number of halogens is 1. The highest BCUT2D eigenvalue weighted by molar-refractivity contribution is 7.99. The molecule has 13 heavy (non-hydrogen) atoms. The minimum absolute atomic E-state index is 0.428. The molecule has 1 rings (SSSR count). The lowest BCUT2D eigenvalue weighted by Gasteiger charge is -2.11. The fraction of sp³-hybridized carbons (Fsp3) is 0.556. The zero-order chi connectivity index (χ0) is 9.68. The molecule has 0 radical (unpaired) electrons. The fourth-order valence-corrected chi connectivity index (χ4v) is 3.33. The number of hydrogen-bond acceptors (Lipinski definition) is 3. The molecule has 0 aromatic carbocycles. The highest BCUT2D eigenvalue weighted by atomic mass is 35.5. The van der Waals surface area contributed by atoms with Crippen molar-refractivity contribution in [3.8, 4) is 0 Å². The van der Waals surface area contributed by atoms with Gasteiger partial charge in [0.1, 0.15) is 0 Å². The Hall–Kier alpha value is 0.300. The van der Waals surface area contributed by atoms with E-state index in [4.69, 9.17) is 17.3 Å². The normalized spacial score (nSPS) is 13.2. The van der Waals surface area contributed by atoms with Gasteiger partial charge in [0.15, 0.2) is 0 Å². The van der Waals surface area contributed by atoms with Crippen molar-refractivity contribution in [1.29, 1.82) is 0 Å². The summed E-state index contributed by atoms with van der Waals surface area (Å²) in [6.07, 6.45) is 1.19. The van der Waals surface area contributed by atoms with E-state index in [2.05, 4.69) is 13.0 Å². The standard InChI is InChI=1S/C9H14ClNS2/c1-2-5-12-8(6-11)7-3-4-9(10)13-7/h3-4,8H,2,5-6,11H2,1H3. The third-order valence-corrected chi connectivity index (χ3v) is 4.64. The van der Waals surface area contributed by atoms with Crippen LogP contribution in [-0.4, -0.2) is 12.3 Å². The van der Waals surface area contributed by atoms with E-state index in [0.717, 1.165) is 10.1 Å². The SMILES string of the molecule is CCCSC(CN)c1ccc(Cl)s1. The molecule has 1 unspecified atom stereocenters. The van der Waals surface area contributed by atoms with Crippen LogP contribution >= 0.6 is 34.7 Å². The minimum Gasteiger partial charge on any atom is -0.329 e. The molecule has 0 aliphatic carbocycles. The summed E-state index contributed by atoms with van der Waals surface area (Å²) in [5, 5.41) is 0.428. The smallest absolute Gasteiger partial charge is 0.0931 e. The lowest BCUT2D eigenvalue weighted by Crippen LogP contribution is -2.08. The number of nitrogens with two attached hydrogens (primary N) is 1. The van der Waals surface area contributed by atoms with Crippen LogP contribution in [0, 0.1) is 0 Å². The quantitative estimate of drug-likeness (QED) is 0.845. The van der Waals surface area contributed by atoms with E-state index in [9.17, 15) is 0 Å². The molecular weight excluding hydrogens is 222 g/mol. The highest BCUT2D eigenvalue weighted by Gasteiger charge is 2.11. The summed E-state index contributed by atoms with van der Waals surface area (Å²) in [5.74, 6) is 1.16. The van der Waals surface area contributed by atoms with Gasteiger partial charge in [-0.1, -0.05) is 18.5 Å². The molecule has 0 aliphatic heterocycles. The number of thiophene rings is 1. The Bertz CT molecular complexity index is 250.